The van der Waals surface area contributed by atoms with Crippen molar-refractivity contribution in [3.8, 4) is 11.1 Å². The summed E-state index contributed by atoms with van der Waals surface area (Å²) in [7, 11) is 0. The van der Waals surface area contributed by atoms with Crippen LogP contribution in [0.3, 0.4) is 0 Å². The fraction of sp³-hybridized carbons (Fsp3) is 0.0714. The largest absolute Gasteiger partial charge is 0.294 e. The predicted molar refractivity (Wildman–Crippen MR) is 66.8 cm³/mol. The Morgan fingerprint density at radius 2 is 1.63 bits per heavy atom. The maximum atomic E-state index is 13.6. The minimum absolute atomic E-state index is 0.115. The van der Waals surface area contributed by atoms with Crippen molar-refractivity contribution >= 4 is 17.4 Å². The molecule has 0 aliphatic heterocycles. The summed E-state index contributed by atoms with van der Waals surface area (Å²) in [4.78, 5) is 11.2. The fourth-order valence-electron chi connectivity index (χ4n) is 1.71. The molecule has 0 saturated heterocycles. The van der Waals surface area contributed by atoms with Crippen LogP contribution in [0.5, 0.6) is 0 Å². The molecule has 98 valence electrons. The molecule has 0 spiro atoms. The number of halogens is 4. The molecule has 5 heteroatoms. The first-order valence-electron chi connectivity index (χ1n) is 5.35. The van der Waals surface area contributed by atoms with E-state index in [0.29, 0.717) is 6.07 Å². The molecule has 0 amide bonds. The van der Waals surface area contributed by atoms with Gasteiger partial charge < -0.3 is 0 Å². The Labute approximate surface area is 112 Å². The normalized spacial score (nSPS) is 10.6. The van der Waals surface area contributed by atoms with Gasteiger partial charge in [-0.05, 0) is 30.7 Å². The van der Waals surface area contributed by atoms with E-state index in [2.05, 4.69) is 0 Å². The lowest BCUT2D eigenvalue weighted by atomic mass is 10.0. The first-order valence-corrected chi connectivity index (χ1v) is 5.73. The molecule has 0 unspecified atom stereocenters. The highest BCUT2D eigenvalue weighted by Gasteiger charge is 2.13. The second-order valence-electron chi connectivity index (χ2n) is 4.00. The molecule has 0 aliphatic rings. The van der Waals surface area contributed by atoms with Gasteiger partial charge in [-0.2, -0.15) is 0 Å². The summed E-state index contributed by atoms with van der Waals surface area (Å²) >= 11 is 5.89. The lowest BCUT2D eigenvalue weighted by molar-refractivity contribution is 0.101. The zero-order chi connectivity index (χ0) is 14.2. The summed E-state index contributed by atoms with van der Waals surface area (Å²) in [6, 6.07) is 5.41. The Bertz CT molecular complexity index is 668. The molecule has 0 saturated carbocycles. The first-order chi connectivity index (χ1) is 8.90. The summed E-state index contributed by atoms with van der Waals surface area (Å²) < 4.78 is 39.6. The van der Waals surface area contributed by atoms with Crippen molar-refractivity contribution in [3.05, 3.63) is 58.4 Å². The molecule has 19 heavy (non-hydrogen) atoms. The predicted octanol–water partition coefficient (Wildman–Crippen LogP) is 4.63. The van der Waals surface area contributed by atoms with Crippen molar-refractivity contribution in [2.24, 2.45) is 0 Å². The van der Waals surface area contributed by atoms with E-state index in [-0.39, 0.29) is 27.5 Å². The van der Waals surface area contributed by atoms with Gasteiger partial charge in [-0.1, -0.05) is 17.7 Å². The lowest BCUT2D eigenvalue weighted by Gasteiger charge is -2.07. The van der Waals surface area contributed by atoms with Gasteiger partial charge in [-0.3, -0.25) is 4.79 Å². The van der Waals surface area contributed by atoms with Crippen molar-refractivity contribution in [2.75, 3.05) is 0 Å². The highest BCUT2D eigenvalue weighted by Crippen LogP contribution is 2.29. The number of carbonyl (C=O) groups excluding carboxylic acids is 1. The second kappa shape index (κ2) is 5.05. The zero-order valence-corrected chi connectivity index (χ0v) is 10.6. The molecule has 0 N–H and O–H groups in total. The van der Waals surface area contributed by atoms with Crippen LogP contribution >= 0.6 is 11.6 Å². The number of hydrogen-bond donors (Lipinski definition) is 0. The average Bonchev–Trinajstić information content (AvgIpc) is 2.33. The van der Waals surface area contributed by atoms with Gasteiger partial charge in [-0.25, -0.2) is 13.2 Å². The summed E-state index contributed by atoms with van der Waals surface area (Å²) in [5, 5.41) is 0.133. The maximum absolute atomic E-state index is 13.6. The van der Waals surface area contributed by atoms with Gasteiger partial charge in [0, 0.05) is 17.2 Å². The van der Waals surface area contributed by atoms with Gasteiger partial charge in [0.1, 0.15) is 5.82 Å². The molecule has 2 aromatic rings. The molecule has 0 radical (unpaired) electrons. The minimum Gasteiger partial charge on any atom is -0.294 e. The topological polar surface area (TPSA) is 17.1 Å². The van der Waals surface area contributed by atoms with Gasteiger partial charge in [-0.15, -0.1) is 0 Å². The van der Waals surface area contributed by atoms with Gasteiger partial charge in [0.2, 0.25) is 0 Å². The van der Waals surface area contributed by atoms with Gasteiger partial charge in [0.05, 0.1) is 5.02 Å². The number of carbonyl (C=O) groups is 1. The smallest absolute Gasteiger partial charge is 0.161 e. The standard InChI is InChI=1S/C14H8ClF3O/c1-7(19)9-3-2-8(4-11(9)15)10-5-13(17)14(18)6-12(10)16/h2-6H,1H3. The summed E-state index contributed by atoms with van der Waals surface area (Å²) in [6.07, 6.45) is 0. The van der Waals surface area contributed by atoms with Crippen LogP contribution in [0.15, 0.2) is 30.3 Å². The molecule has 0 fully saturated rings. The first kappa shape index (κ1) is 13.6. The monoisotopic (exact) mass is 284 g/mol. The van der Waals surface area contributed by atoms with Crippen molar-refractivity contribution in [3.63, 3.8) is 0 Å². The molecule has 1 nitrogen and oxygen atoms in total. The molecule has 0 bridgehead atoms. The molecule has 0 aliphatic carbocycles. The van der Waals surface area contributed by atoms with E-state index in [1.54, 1.807) is 0 Å². The highest BCUT2D eigenvalue weighted by atomic mass is 35.5. The number of Topliss-reactive ketones (excluding diaryl/α,β-unsaturated/α-hetero) is 1. The van der Waals surface area contributed by atoms with Crippen LogP contribution in [-0.4, -0.2) is 5.78 Å². The Hall–Kier alpha value is -1.81. The summed E-state index contributed by atoms with van der Waals surface area (Å²) in [5.41, 5.74) is 0.440. The quantitative estimate of drug-likeness (QED) is 0.580. The summed E-state index contributed by atoms with van der Waals surface area (Å²) in [5.74, 6) is -3.54. The Balaban J connectivity index is 2.57. The molecular weight excluding hydrogens is 277 g/mol. The third-order valence-corrected chi connectivity index (χ3v) is 2.98. The van der Waals surface area contributed by atoms with Crippen LogP contribution in [0, 0.1) is 17.5 Å². The van der Waals surface area contributed by atoms with E-state index in [1.165, 1.54) is 25.1 Å². The average molecular weight is 285 g/mol. The van der Waals surface area contributed by atoms with E-state index < -0.39 is 17.5 Å². The molecule has 0 aromatic heterocycles. The molecule has 2 rings (SSSR count). The maximum Gasteiger partial charge on any atom is 0.161 e. The van der Waals surface area contributed by atoms with Crippen LogP contribution in [0.25, 0.3) is 11.1 Å². The third kappa shape index (κ3) is 2.63. The van der Waals surface area contributed by atoms with Crippen LogP contribution in [0.1, 0.15) is 17.3 Å². The van der Waals surface area contributed by atoms with Gasteiger partial charge >= 0.3 is 0 Å². The van der Waals surface area contributed by atoms with E-state index in [0.717, 1.165) is 6.07 Å². The number of ketones is 1. The van der Waals surface area contributed by atoms with Crippen LogP contribution in [0.4, 0.5) is 13.2 Å². The minimum atomic E-state index is -1.26. The van der Waals surface area contributed by atoms with Crippen molar-refractivity contribution in [1.29, 1.82) is 0 Å². The third-order valence-electron chi connectivity index (χ3n) is 2.67. The molecular formula is C14H8ClF3O. The van der Waals surface area contributed by atoms with E-state index >= 15 is 0 Å². The lowest BCUT2D eigenvalue weighted by Crippen LogP contribution is -1.95. The van der Waals surface area contributed by atoms with Crippen molar-refractivity contribution in [2.45, 2.75) is 6.92 Å². The van der Waals surface area contributed by atoms with E-state index in [1.807, 2.05) is 0 Å². The van der Waals surface area contributed by atoms with Gasteiger partial charge in [0.25, 0.3) is 0 Å². The fourth-order valence-corrected chi connectivity index (χ4v) is 2.03. The van der Waals surface area contributed by atoms with E-state index in [9.17, 15) is 18.0 Å². The van der Waals surface area contributed by atoms with Crippen LogP contribution in [0.2, 0.25) is 5.02 Å². The molecule has 0 heterocycles. The number of rotatable bonds is 2. The number of benzene rings is 2. The SMILES string of the molecule is CC(=O)c1ccc(-c2cc(F)c(F)cc2F)cc1Cl. The Morgan fingerprint density at radius 3 is 2.21 bits per heavy atom. The van der Waals surface area contributed by atoms with E-state index in [4.69, 9.17) is 11.6 Å². The molecule has 2 aromatic carbocycles. The second-order valence-corrected chi connectivity index (χ2v) is 4.40. The summed E-state index contributed by atoms with van der Waals surface area (Å²) in [6.45, 7) is 1.35. The Morgan fingerprint density at radius 1 is 1.00 bits per heavy atom. The van der Waals surface area contributed by atoms with Crippen LogP contribution in [-0.2, 0) is 0 Å². The van der Waals surface area contributed by atoms with Crippen molar-refractivity contribution < 1.29 is 18.0 Å². The van der Waals surface area contributed by atoms with Crippen LogP contribution < -0.4 is 0 Å². The van der Waals surface area contributed by atoms with Crippen molar-refractivity contribution in [1.82, 2.24) is 0 Å². The highest BCUT2D eigenvalue weighted by molar-refractivity contribution is 6.34. The molecule has 0 atom stereocenters. The number of hydrogen-bond acceptors (Lipinski definition) is 1. The van der Waals surface area contributed by atoms with Gasteiger partial charge in [0.15, 0.2) is 17.4 Å². The zero-order valence-electron chi connectivity index (χ0n) is 9.81. The Kier molecular flexibility index (Phi) is 3.62.